The van der Waals surface area contributed by atoms with E-state index >= 15 is 0 Å². The smallest absolute Gasteiger partial charge is 0.265 e. The second-order valence-corrected chi connectivity index (χ2v) is 8.69. The van der Waals surface area contributed by atoms with Gasteiger partial charge in [-0.3, -0.25) is 9.59 Å². The highest BCUT2D eigenvalue weighted by Crippen LogP contribution is 2.41. The summed E-state index contributed by atoms with van der Waals surface area (Å²) in [4.78, 5) is 29.9. The molecule has 2 heterocycles. The molecule has 3 N–H and O–H groups in total. The van der Waals surface area contributed by atoms with Gasteiger partial charge in [-0.05, 0) is 61.4 Å². The van der Waals surface area contributed by atoms with Crippen molar-refractivity contribution in [2.24, 2.45) is 5.92 Å². The lowest BCUT2D eigenvalue weighted by Crippen LogP contribution is -2.23. The largest absolute Gasteiger partial charge is 0.506 e. The lowest BCUT2D eigenvalue weighted by molar-refractivity contribution is 0.102. The number of rotatable bonds is 2. The van der Waals surface area contributed by atoms with Gasteiger partial charge in [0.15, 0.2) is 0 Å². The van der Waals surface area contributed by atoms with Gasteiger partial charge in [0.1, 0.15) is 16.1 Å². The van der Waals surface area contributed by atoms with Crippen LogP contribution in [0.3, 0.4) is 0 Å². The molecule has 0 saturated heterocycles. The van der Waals surface area contributed by atoms with Crippen LogP contribution in [0.1, 0.15) is 39.7 Å². The van der Waals surface area contributed by atoms with Gasteiger partial charge in [-0.25, -0.2) is 0 Å². The first kappa shape index (κ1) is 18.1. The molecule has 1 aliphatic carbocycles. The van der Waals surface area contributed by atoms with Gasteiger partial charge < -0.3 is 15.4 Å². The van der Waals surface area contributed by atoms with E-state index in [-0.39, 0.29) is 11.3 Å². The van der Waals surface area contributed by atoms with Gasteiger partial charge in [0, 0.05) is 15.6 Å². The number of amides is 1. The zero-order valence-electron chi connectivity index (χ0n) is 15.0. The Bertz CT molecular complexity index is 1130. The number of fused-ring (bicyclic) bond motifs is 3. The van der Waals surface area contributed by atoms with Crippen molar-refractivity contribution < 1.29 is 9.90 Å². The summed E-state index contributed by atoms with van der Waals surface area (Å²) in [6.45, 7) is 4.01. The van der Waals surface area contributed by atoms with Gasteiger partial charge in [-0.15, -0.1) is 11.3 Å². The molecule has 1 aromatic carbocycles. The molecular formula is C20H19ClN2O3S. The number of hydrogen-bond donors (Lipinski definition) is 3. The maximum absolute atomic E-state index is 12.8. The molecule has 4 rings (SSSR count). The van der Waals surface area contributed by atoms with Crippen LogP contribution < -0.4 is 10.9 Å². The van der Waals surface area contributed by atoms with E-state index in [2.05, 4.69) is 17.2 Å². The maximum Gasteiger partial charge on any atom is 0.265 e. The molecule has 3 aromatic rings. The first-order valence-corrected chi connectivity index (χ1v) is 10.0. The Balaban J connectivity index is 1.79. The van der Waals surface area contributed by atoms with Crippen molar-refractivity contribution in [3.8, 4) is 5.75 Å². The summed E-state index contributed by atoms with van der Waals surface area (Å²) < 4.78 is 0. The summed E-state index contributed by atoms with van der Waals surface area (Å²) in [5.74, 6) is -0.287. The van der Waals surface area contributed by atoms with E-state index in [1.807, 2.05) is 6.92 Å². The van der Waals surface area contributed by atoms with Crippen molar-refractivity contribution in [3.05, 3.63) is 55.1 Å². The van der Waals surface area contributed by atoms with Crippen LogP contribution in [0.5, 0.6) is 5.75 Å². The number of H-pyrrole nitrogens is 1. The summed E-state index contributed by atoms with van der Waals surface area (Å²) in [5, 5.41) is 14.7. The molecule has 0 bridgehead atoms. The molecule has 1 atom stereocenters. The maximum atomic E-state index is 12.8. The summed E-state index contributed by atoms with van der Waals surface area (Å²) in [6.07, 6.45) is 2.80. The molecule has 2 aromatic heterocycles. The van der Waals surface area contributed by atoms with E-state index in [9.17, 15) is 14.7 Å². The first-order chi connectivity index (χ1) is 12.8. The third-order valence-electron chi connectivity index (χ3n) is 5.10. The van der Waals surface area contributed by atoms with Crippen molar-refractivity contribution in [2.45, 2.75) is 33.1 Å². The molecule has 5 nitrogen and oxygen atoms in total. The zero-order chi connectivity index (χ0) is 19.3. The van der Waals surface area contributed by atoms with Crippen LogP contribution in [-0.4, -0.2) is 16.0 Å². The third-order valence-corrected chi connectivity index (χ3v) is 6.51. The number of halogens is 1. The molecule has 1 aliphatic rings. The Morgan fingerprint density at radius 1 is 1.41 bits per heavy atom. The quantitative estimate of drug-likeness (QED) is 0.584. The first-order valence-electron chi connectivity index (χ1n) is 8.82. The van der Waals surface area contributed by atoms with Gasteiger partial charge in [0.2, 0.25) is 0 Å². The molecule has 27 heavy (non-hydrogen) atoms. The number of thiophene rings is 1. The number of carbonyl (C=O) groups is 1. The van der Waals surface area contributed by atoms with Crippen LogP contribution in [0.15, 0.2) is 23.0 Å². The second kappa shape index (κ2) is 6.69. The average molecular weight is 403 g/mol. The number of benzene rings is 1. The summed E-state index contributed by atoms with van der Waals surface area (Å²) >= 11 is 7.44. The van der Waals surface area contributed by atoms with Gasteiger partial charge in [-0.1, -0.05) is 18.5 Å². The fraction of sp³-hybridized carbons (Fsp3) is 0.300. The van der Waals surface area contributed by atoms with Crippen molar-refractivity contribution in [1.82, 2.24) is 4.98 Å². The van der Waals surface area contributed by atoms with Crippen molar-refractivity contribution >= 4 is 44.7 Å². The molecule has 7 heteroatoms. The number of carbonyl (C=O) groups excluding carboxylic acids is 1. The number of anilines is 1. The molecule has 0 unspecified atom stereocenters. The number of hydrogen-bond acceptors (Lipinski definition) is 4. The Morgan fingerprint density at radius 3 is 2.93 bits per heavy atom. The Morgan fingerprint density at radius 2 is 2.19 bits per heavy atom. The van der Waals surface area contributed by atoms with Gasteiger partial charge >= 0.3 is 0 Å². The Labute approximate surface area is 165 Å². The molecular weight excluding hydrogens is 384 g/mol. The number of aromatic amines is 1. The van der Waals surface area contributed by atoms with E-state index in [1.54, 1.807) is 18.2 Å². The lowest BCUT2D eigenvalue weighted by atomic mass is 9.89. The normalized spacial score (nSPS) is 16.3. The predicted octanol–water partition coefficient (Wildman–Crippen LogP) is 4.63. The topological polar surface area (TPSA) is 82.2 Å². The predicted molar refractivity (Wildman–Crippen MR) is 109 cm³/mol. The Kier molecular flexibility index (Phi) is 4.48. The minimum Gasteiger partial charge on any atom is -0.506 e. The molecule has 0 spiro atoms. The van der Waals surface area contributed by atoms with Crippen LogP contribution in [-0.2, 0) is 12.8 Å². The third kappa shape index (κ3) is 3.13. The van der Waals surface area contributed by atoms with Crippen molar-refractivity contribution in [2.75, 3.05) is 5.32 Å². The van der Waals surface area contributed by atoms with Crippen LogP contribution in [0.25, 0.3) is 10.2 Å². The summed E-state index contributed by atoms with van der Waals surface area (Å²) in [6, 6.07) is 5.06. The highest BCUT2D eigenvalue weighted by molar-refractivity contribution is 7.18. The monoisotopic (exact) mass is 402 g/mol. The standard InChI is InChI=1S/C20H19ClN2O3S/c1-9-3-5-12-14(7-9)27-20-15(12)17(24)16(19(26)23-20)18(25)22-13-6-4-11(21)8-10(13)2/h4,6,8-9H,3,5,7H2,1-2H3,(H,22,25)(H2,23,24,26)/t9-/m1/s1. The molecule has 0 fully saturated rings. The molecule has 0 saturated carbocycles. The van der Waals surface area contributed by atoms with Crippen molar-refractivity contribution in [1.29, 1.82) is 0 Å². The van der Waals surface area contributed by atoms with Crippen LogP contribution >= 0.6 is 22.9 Å². The van der Waals surface area contributed by atoms with E-state index < -0.39 is 11.5 Å². The molecule has 1 amide bonds. The van der Waals surface area contributed by atoms with Gasteiger partial charge in [0.25, 0.3) is 11.5 Å². The minimum absolute atomic E-state index is 0.232. The highest BCUT2D eigenvalue weighted by atomic mass is 35.5. The van der Waals surface area contributed by atoms with Crippen LogP contribution in [0.4, 0.5) is 5.69 Å². The minimum atomic E-state index is -0.634. The lowest BCUT2D eigenvalue weighted by Gasteiger charge is -2.18. The Hall–Kier alpha value is -2.31. The fourth-order valence-corrected chi connectivity index (χ4v) is 5.28. The number of nitrogens with one attached hydrogen (secondary N) is 2. The van der Waals surface area contributed by atoms with E-state index in [0.29, 0.717) is 26.8 Å². The van der Waals surface area contributed by atoms with Crippen LogP contribution in [0, 0.1) is 12.8 Å². The average Bonchev–Trinajstić information content (AvgIpc) is 2.94. The highest BCUT2D eigenvalue weighted by Gasteiger charge is 2.27. The fourth-order valence-electron chi connectivity index (χ4n) is 3.65. The van der Waals surface area contributed by atoms with E-state index in [1.165, 1.54) is 16.2 Å². The zero-order valence-corrected chi connectivity index (χ0v) is 16.6. The van der Waals surface area contributed by atoms with Gasteiger partial charge in [-0.2, -0.15) is 0 Å². The number of aromatic hydroxyl groups is 1. The number of aryl methyl sites for hydroxylation is 2. The van der Waals surface area contributed by atoms with Crippen LogP contribution in [0.2, 0.25) is 5.02 Å². The van der Waals surface area contributed by atoms with E-state index in [0.717, 1.165) is 30.4 Å². The second-order valence-electron chi connectivity index (χ2n) is 7.15. The van der Waals surface area contributed by atoms with Crippen molar-refractivity contribution in [3.63, 3.8) is 0 Å². The summed E-state index contributed by atoms with van der Waals surface area (Å²) in [5.41, 5.74) is 1.53. The number of pyridine rings is 1. The molecule has 0 radical (unpaired) electrons. The molecule has 0 aliphatic heterocycles. The molecule has 140 valence electrons. The van der Waals surface area contributed by atoms with Gasteiger partial charge in [0.05, 0.1) is 5.39 Å². The summed E-state index contributed by atoms with van der Waals surface area (Å²) in [7, 11) is 0. The SMILES string of the molecule is Cc1cc(Cl)ccc1NC(=O)c1c(O)c2c3c(sc2[nH]c1=O)C[C@H](C)CC3. The van der Waals surface area contributed by atoms with E-state index in [4.69, 9.17) is 11.6 Å². The number of aromatic nitrogens is 1.